The lowest BCUT2D eigenvalue weighted by atomic mass is 10.0. The van der Waals surface area contributed by atoms with Crippen LogP contribution in [0.15, 0.2) is 42.5 Å². The van der Waals surface area contributed by atoms with Crippen molar-refractivity contribution in [1.82, 2.24) is 10.8 Å². The Hall–Kier alpha value is -2.53. The van der Waals surface area contributed by atoms with Crippen LogP contribution in [0, 0.1) is 0 Å². The van der Waals surface area contributed by atoms with Gasteiger partial charge in [0.05, 0.1) is 7.11 Å². The number of nitrogens with one attached hydrogen (secondary N) is 2. The maximum Gasteiger partial charge on any atom is 0.342 e. The van der Waals surface area contributed by atoms with E-state index in [9.17, 15) is 4.79 Å². The van der Waals surface area contributed by atoms with Crippen molar-refractivity contribution in [1.29, 1.82) is 0 Å². The highest BCUT2D eigenvalue weighted by molar-refractivity contribution is 5.90. The summed E-state index contributed by atoms with van der Waals surface area (Å²) in [5.41, 5.74) is 3.02. The maximum atomic E-state index is 11.2. The van der Waals surface area contributed by atoms with Gasteiger partial charge in [-0.1, -0.05) is 24.3 Å². The second kappa shape index (κ2) is 6.08. The first-order valence-corrected chi connectivity index (χ1v) is 6.13. The number of rotatable bonds is 3. The molecule has 0 fully saturated rings. The first kappa shape index (κ1) is 13.9. The molecule has 2 aromatic rings. The number of amides is 2. The van der Waals surface area contributed by atoms with Crippen molar-refractivity contribution in [3.8, 4) is 5.75 Å². The number of hydroxylamine groups is 1. The molecule has 5 nitrogen and oxygen atoms in total. The monoisotopic (exact) mass is 272 g/mol. The number of benzene rings is 2. The molecule has 2 rings (SSSR count). The van der Waals surface area contributed by atoms with E-state index in [-0.39, 0.29) is 0 Å². The highest BCUT2D eigenvalue weighted by Crippen LogP contribution is 2.24. The van der Waals surface area contributed by atoms with E-state index in [1.165, 1.54) is 0 Å². The molecule has 0 saturated heterocycles. The van der Waals surface area contributed by atoms with Crippen molar-refractivity contribution in [2.45, 2.75) is 6.92 Å². The fourth-order valence-corrected chi connectivity index (χ4v) is 1.98. The van der Waals surface area contributed by atoms with Crippen molar-refractivity contribution >= 4 is 22.5 Å². The summed E-state index contributed by atoms with van der Waals surface area (Å²) >= 11 is 0. The molecule has 5 heteroatoms. The molecule has 104 valence electrons. The molecular weight excluding hydrogens is 256 g/mol. The van der Waals surface area contributed by atoms with Crippen LogP contribution in [0.4, 0.5) is 4.79 Å². The van der Waals surface area contributed by atoms with E-state index in [2.05, 4.69) is 5.32 Å². The fraction of sp³-hybridized carbons (Fsp3) is 0.133. The largest absolute Gasteiger partial charge is 0.497 e. The Morgan fingerprint density at radius 2 is 1.90 bits per heavy atom. The van der Waals surface area contributed by atoms with E-state index >= 15 is 0 Å². The van der Waals surface area contributed by atoms with Crippen LogP contribution < -0.4 is 15.5 Å². The van der Waals surface area contributed by atoms with Gasteiger partial charge in [0.25, 0.3) is 0 Å². The number of urea groups is 1. The summed E-state index contributed by atoms with van der Waals surface area (Å²) in [6, 6.07) is 10.9. The highest BCUT2D eigenvalue weighted by Gasteiger charge is 2.06. The Kier molecular flexibility index (Phi) is 4.22. The van der Waals surface area contributed by atoms with E-state index < -0.39 is 6.03 Å². The van der Waals surface area contributed by atoms with Crippen molar-refractivity contribution in [2.75, 3.05) is 7.11 Å². The second-order valence-electron chi connectivity index (χ2n) is 4.20. The third-order valence-electron chi connectivity index (χ3n) is 3.00. The standard InChI is InChI=1S/C15H16N2O3/c1-3-14(16-15(18)17-19)12-5-4-11-9-13(20-2)7-6-10(11)8-12/h3-9,19H,1-2H3,(H2,16,17,18). The third-order valence-corrected chi connectivity index (χ3v) is 3.00. The fourth-order valence-electron chi connectivity index (χ4n) is 1.98. The number of methoxy groups -OCH3 is 1. The molecule has 0 bridgehead atoms. The van der Waals surface area contributed by atoms with Crippen molar-refractivity contribution in [3.63, 3.8) is 0 Å². The van der Waals surface area contributed by atoms with Gasteiger partial charge in [-0.2, -0.15) is 0 Å². The molecule has 2 amide bonds. The lowest BCUT2D eigenvalue weighted by Crippen LogP contribution is -2.31. The van der Waals surface area contributed by atoms with E-state index in [4.69, 9.17) is 9.94 Å². The Balaban J connectivity index is 2.38. The van der Waals surface area contributed by atoms with Gasteiger partial charge in [0, 0.05) is 5.70 Å². The van der Waals surface area contributed by atoms with E-state index in [0.29, 0.717) is 5.70 Å². The van der Waals surface area contributed by atoms with E-state index in [1.807, 2.05) is 43.3 Å². The number of carbonyl (C=O) groups excluding carboxylic acids is 1. The van der Waals surface area contributed by atoms with E-state index in [1.54, 1.807) is 18.7 Å². The van der Waals surface area contributed by atoms with Crippen LogP contribution in [0.2, 0.25) is 0 Å². The zero-order valence-electron chi connectivity index (χ0n) is 11.3. The highest BCUT2D eigenvalue weighted by atomic mass is 16.5. The molecular formula is C15H16N2O3. The predicted molar refractivity (Wildman–Crippen MR) is 77.6 cm³/mol. The minimum absolute atomic E-state index is 0.620. The molecule has 0 aliphatic carbocycles. The second-order valence-corrected chi connectivity index (χ2v) is 4.20. The molecule has 0 radical (unpaired) electrons. The van der Waals surface area contributed by atoms with Gasteiger partial charge in [-0.15, -0.1) is 0 Å². The van der Waals surface area contributed by atoms with Gasteiger partial charge in [0.15, 0.2) is 0 Å². The minimum Gasteiger partial charge on any atom is -0.497 e. The quantitative estimate of drug-likeness (QED) is 0.594. The number of ether oxygens (including phenoxy) is 1. The number of allylic oxidation sites excluding steroid dienone is 1. The topological polar surface area (TPSA) is 70.6 Å². The first-order valence-electron chi connectivity index (χ1n) is 6.13. The number of fused-ring (bicyclic) bond motifs is 1. The van der Waals surface area contributed by atoms with Gasteiger partial charge >= 0.3 is 6.03 Å². The van der Waals surface area contributed by atoms with Crippen LogP contribution in [0.1, 0.15) is 12.5 Å². The van der Waals surface area contributed by atoms with Crippen LogP contribution in [0.25, 0.3) is 16.5 Å². The molecule has 0 spiro atoms. The zero-order chi connectivity index (χ0) is 14.5. The summed E-state index contributed by atoms with van der Waals surface area (Å²) in [7, 11) is 1.63. The minimum atomic E-state index is -0.673. The van der Waals surface area contributed by atoms with Crippen LogP contribution in [-0.4, -0.2) is 18.3 Å². The lowest BCUT2D eigenvalue weighted by Gasteiger charge is -2.10. The smallest absolute Gasteiger partial charge is 0.342 e. The third kappa shape index (κ3) is 2.89. The van der Waals surface area contributed by atoms with Crippen LogP contribution in [-0.2, 0) is 0 Å². The lowest BCUT2D eigenvalue weighted by molar-refractivity contribution is 0.165. The normalized spacial score (nSPS) is 11.2. The Bertz CT molecular complexity index is 665. The summed E-state index contributed by atoms with van der Waals surface area (Å²) in [6.45, 7) is 1.81. The van der Waals surface area contributed by atoms with Crippen LogP contribution in [0.5, 0.6) is 5.75 Å². The number of carbonyl (C=O) groups is 1. The zero-order valence-corrected chi connectivity index (χ0v) is 11.3. The summed E-state index contributed by atoms with van der Waals surface area (Å²) in [4.78, 5) is 11.2. The van der Waals surface area contributed by atoms with Crippen LogP contribution >= 0.6 is 0 Å². The Morgan fingerprint density at radius 1 is 1.20 bits per heavy atom. The van der Waals surface area contributed by atoms with Gasteiger partial charge in [-0.3, -0.25) is 5.21 Å². The molecule has 0 heterocycles. The molecule has 0 aliphatic heterocycles. The van der Waals surface area contributed by atoms with E-state index in [0.717, 1.165) is 22.1 Å². The molecule has 0 aromatic heterocycles. The predicted octanol–water partition coefficient (Wildman–Crippen LogP) is 2.90. The molecule has 0 saturated carbocycles. The molecule has 0 unspecified atom stereocenters. The van der Waals surface area contributed by atoms with Gasteiger partial charge in [-0.25, -0.2) is 10.3 Å². The molecule has 0 atom stereocenters. The number of hydrogen-bond acceptors (Lipinski definition) is 3. The molecule has 3 N–H and O–H groups in total. The van der Waals surface area contributed by atoms with Crippen molar-refractivity contribution < 1.29 is 14.7 Å². The average Bonchev–Trinajstić information content (AvgIpc) is 2.51. The average molecular weight is 272 g/mol. The summed E-state index contributed by atoms with van der Waals surface area (Å²) in [6.07, 6.45) is 1.76. The van der Waals surface area contributed by atoms with Gasteiger partial charge in [0.1, 0.15) is 5.75 Å². The van der Waals surface area contributed by atoms with Gasteiger partial charge < -0.3 is 10.1 Å². The Labute approximate surface area is 116 Å². The van der Waals surface area contributed by atoms with Crippen molar-refractivity contribution in [3.05, 3.63) is 48.0 Å². The molecule has 2 aromatic carbocycles. The summed E-state index contributed by atoms with van der Waals surface area (Å²) < 4.78 is 5.18. The first-order chi connectivity index (χ1) is 9.67. The molecule has 0 aliphatic rings. The van der Waals surface area contributed by atoms with Gasteiger partial charge in [-0.05, 0) is 41.5 Å². The summed E-state index contributed by atoms with van der Waals surface area (Å²) in [5, 5.41) is 13.2. The SMILES string of the molecule is CC=C(NC(=O)NO)c1ccc2cc(OC)ccc2c1. The Morgan fingerprint density at radius 3 is 2.55 bits per heavy atom. The summed E-state index contributed by atoms with van der Waals surface area (Å²) in [5.74, 6) is 0.800. The molecule has 20 heavy (non-hydrogen) atoms. The van der Waals surface area contributed by atoms with Crippen LogP contribution in [0.3, 0.4) is 0 Å². The van der Waals surface area contributed by atoms with Gasteiger partial charge in [0.2, 0.25) is 0 Å². The van der Waals surface area contributed by atoms with Crippen molar-refractivity contribution in [2.24, 2.45) is 0 Å². The maximum absolute atomic E-state index is 11.2. The number of hydrogen-bond donors (Lipinski definition) is 3.